The van der Waals surface area contributed by atoms with Gasteiger partial charge in [-0.2, -0.15) is 0 Å². The molecular formula is C13H14Br2N4. The standard InChI is InChI=1S/C13H14Br2N4/c1-19(2)13-11(4-3-5-16-13)18-8-12-10(15)6-9(14)7-17-12/h3-7,18H,8H2,1-2H3. The van der Waals surface area contributed by atoms with E-state index in [0.717, 1.165) is 26.1 Å². The second kappa shape index (κ2) is 6.34. The van der Waals surface area contributed by atoms with Crippen molar-refractivity contribution in [2.45, 2.75) is 6.54 Å². The van der Waals surface area contributed by atoms with Gasteiger partial charge in [0.25, 0.3) is 0 Å². The molecule has 2 rings (SSSR count). The fourth-order valence-corrected chi connectivity index (χ4v) is 2.77. The van der Waals surface area contributed by atoms with E-state index in [0.29, 0.717) is 6.54 Å². The SMILES string of the molecule is CN(C)c1ncccc1NCc1ncc(Br)cc1Br. The van der Waals surface area contributed by atoms with Gasteiger partial charge in [-0.25, -0.2) is 4.98 Å². The highest BCUT2D eigenvalue weighted by atomic mass is 79.9. The molecule has 100 valence electrons. The van der Waals surface area contributed by atoms with Crippen molar-refractivity contribution >= 4 is 43.4 Å². The van der Waals surface area contributed by atoms with Crippen molar-refractivity contribution < 1.29 is 0 Å². The maximum atomic E-state index is 4.38. The van der Waals surface area contributed by atoms with E-state index in [-0.39, 0.29) is 0 Å². The quantitative estimate of drug-likeness (QED) is 0.871. The third kappa shape index (κ3) is 3.67. The van der Waals surface area contributed by atoms with Gasteiger partial charge in [-0.1, -0.05) is 0 Å². The van der Waals surface area contributed by atoms with E-state index in [4.69, 9.17) is 0 Å². The number of nitrogens with zero attached hydrogens (tertiary/aromatic N) is 3. The molecule has 1 N–H and O–H groups in total. The van der Waals surface area contributed by atoms with Crippen LogP contribution >= 0.6 is 31.9 Å². The average Bonchev–Trinajstić information content (AvgIpc) is 2.38. The maximum absolute atomic E-state index is 4.38. The molecule has 0 aliphatic carbocycles. The molecule has 6 heteroatoms. The van der Waals surface area contributed by atoms with Gasteiger partial charge >= 0.3 is 0 Å². The lowest BCUT2D eigenvalue weighted by Crippen LogP contribution is -2.14. The van der Waals surface area contributed by atoms with Gasteiger partial charge in [0, 0.05) is 35.4 Å². The van der Waals surface area contributed by atoms with Gasteiger partial charge in [-0.15, -0.1) is 0 Å². The van der Waals surface area contributed by atoms with E-state index in [1.807, 2.05) is 37.2 Å². The van der Waals surface area contributed by atoms with E-state index in [2.05, 4.69) is 47.1 Å². The van der Waals surface area contributed by atoms with E-state index < -0.39 is 0 Å². The molecule has 0 fully saturated rings. The molecule has 0 aromatic carbocycles. The van der Waals surface area contributed by atoms with Gasteiger partial charge in [0.15, 0.2) is 5.82 Å². The van der Waals surface area contributed by atoms with Crippen LogP contribution < -0.4 is 10.2 Å². The molecule has 4 nitrogen and oxygen atoms in total. The summed E-state index contributed by atoms with van der Waals surface area (Å²) in [5.74, 6) is 0.913. The lowest BCUT2D eigenvalue weighted by molar-refractivity contribution is 1.01. The second-order valence-electron chi connectivity index (χ2n) is 4.20. The Morgan fingerprint density at radius 2 is 2.05 bits per heavy atom. The minimum absolute atomic E-state index is 0.639. The largest absolute Gasteiger partial charge is 0.376 e. The van der Waals surface area contributed by atoms with Gasteiger partial charge in [0.05, 0.1) is 17.9 Å². The lowest BCUT2D eigenvalue weighted by Gasteiger charge is -2.17. The van der Waals surface area contributed by atoms with Gasteiger partial charge < -0.3 is 10.2 Å². The van der Waals surface area contributed by atoms with Crippen LogP contribution in [0.25, 0.3) is 0 Å². The molecule has 0 radical (unpaired) electrons. The maximum Gasteiger partial charge on any atom is 0.151 e. The van der Waals surface area contributed by atoms with Crippen LogP contribution in [0.3, 0.4) is 0 Å². The molecule has 0 saturated heterocycles. The summed E-state index contributed by atoms with van der Waals surface area (Å²) < 4.78 is 1.93. The van der Waals surface area contributed by atoms with Crippen molar-refractivity contribution in [1.82, 2.24) is 9.97 Å². The second-order valence-corrected chi connectivity index (χ2v) is 5.97. The predicted molar refractivity (Wildman–Crippen MR) is 85.5 cm³/mol. The van der Waals surface area contributed by atoms with Crippen molar-refractivity contribution in [3.8, 4) is 0 Å². The number of pyridine rings is 2. The van der Waals surface area contributed by atoms with Crippen molar-refractivity contribution in [3.05, 3.63) is 45.2 Å². The first kappa shape index (κ1) is 14.3. The molecule has 0 spiro atoms. The van der Waals surface area contributed by atoms with E-state index in [9.17, 15) is 0 Å². The molecule has 0 saturated carbocycles. The molecule has 0 bridgehead atoms. The van der Waals surface area contributed by atoms with Gasteiger partial charge in [-0.3, -0.25) is 4.98 Å². The van der Waals surface area contributed by atoms with Crippen LogP contribution in [0, 0.1) is 0 Å². The summed E-state index contributed by atoms with van der Waals surface area (Å²) in [4.78, 5) is 10.7. The molecule has 2 aromatic heterocycles. The number of halogens is 2. The van der Waals surface area contributed by atoms with Gasteiger partial charge in [0.1, 0.15) is 0 Å². The van der Waals surface area contributed by atoms with Crippen LogP contribution in [0.15, 0.2) is 39.5 Å². The summed E-state index contributed by atoms with van der Waals surface area (Å²) in [5, 5.41) is 3.36. The average molecular weight is 386 g/mol. The Kier molecular flexibility index (Phi) is 4.76. The van der Waals surface area contributed by atoms with Crippen LogP contribution in [0.2, 0.25) is 0 Å². The van der Waals surface area contributed by atoms with Crippen molar-refractivity contribution in [1.29, 1.82) is 0 Å². The Balaban J connectivity index is 2.14. The lowest BCUT2D eigenvalue weighted by atomic mass is 10.3. The number of anilines is 2. The highest BCUT2D eigenvalue weighted by molar-refractivity contribution is 9.11. The first-order chi connectivity index (χ1) is 9.08. The Hall–Kier alpha value is -1.14. The molecular weight excluding hydrogens is 372 g/mol. The van der Waals surface area contributed by atoms with Gasteiger partial charge in [-0.05, 0) is 50.1 Å². The topological polar surface area (TPSA) is 41.1 Å². The number of rotatable bonds is 4. The zero-order valence-corrected chi connectivity index (χ0v) is 13.9. The van der Waals surface area contributed by atoms with Gasteiger partial charge in [0.2, 0.25) is 0 Å². The summed E-state index contributed by atoms with van der Waals surface area (Å²) in [6.45, 7) is 0.639. The molecule has 0 atom stereocenters. The van der Waals surface area contributed by atoms with Crippen molar-refractivity contribution in [2.24, 2.45) is 0 Å². The monoisotopic (exact) mass is 384 g/mol. The van der Waals surface area contributed by atoms with E-state index in [1.54, 1.807) is 12.4 Å². The molecule has 19 heavy (non-hydrogen) atoms. The van der Waals surface area contributed by atoms with Crippen molar-refractivity contribution in [3.63, 3.8) is 0 Å². The van der Waals surface area contributed by atoms with Crippen LogP contribution in [0.1, 0.15) is 5.69 Å². The smallest absolute Gasteiger partial charge is 0.151 e. The molecule has 0 aliphatic rings. The van der Waals surface area contributed by atoms with E-state index >= 15 is 0 Å². The minimum Gasteiger partial charge on any atom is -0.376 e. The fraction of sp³-hybridized carbons (Fsp3) is 0.231. The molecule has 0 aliphatic heterocycles. The molecule has 2 heterocycles. The normalized spacial score (nSPS) is 10.3. The van der Waals surface area contributed by atoms with Crippen molar-refractivity contribution in [2.75, 3.05) is 24.3 Å². The fourth-order valence-electron chi connectivity index (χ4n) is 1.64. The number of aromatic nitrogens is 2. The highest BCUT2D eigenvalue weighted by Crippen LogP contribution is 2.23. The number of hydrogen-bond acceptors (Lipinski definition) is 4. The third-order valence-corrected chi connectivity index (χ3v) is 3.66. The summed E-state index contributed by atoms with van der Waals surface area (Å²) in [6, 6.07) is 5.91. The summed E-state index contributed by atoms with van der Waals surface area (Å²) >= 11 is 6.90. The Bertz CT molecular complexity index is 572. The van der Waals surface area contributed by atoms with Crippen LogP contribution in [0.4, 0.5) is 11.5 Å². The van der Waals surface area contributed by atoms with Crippen LogP contribution in [-0.2, 0) is 6.54 Å². The predicted octanol–water partition coefficient (Wildman–Crippen LogP) is 3.68. The number of nitrogens with one attached hydrogen (secondary N) is 1. The molecule has 0 amide bonds. The summed E-state index contributed by atoms with van der Waals surface area (Å²) in [7, 11) is 3.95. The zero-order chi connectivity index (χ0) is 13.8. The Morgan fingerprint density at radius 1 is 1.26 bits per heavy atom. The highest BCUT2D eigenvalue weighted by Gasteiger charge is 2.07. The third-order valence-electron chi connectivity index (χ3n) is 2.54. The van der Waals surface area contributed by atoms with Crippen LogP contribution in [-0.4, -0.2) is 24.1 Å². The Morgan fingerprint density at radius 3 is 2.74 bits per heavy atom. The minimum atomic E-state index is 0.639. The zero-order valence-electron chi connectivity index (χ0n) is 10.7. The molecule has 2 aromatic rings. The Labute approximate surface area is 129 Å². The first-order valence-corrected chi connectivity index (χ1v) is 7.32. The summed E-state index contributed by atoms with van der Waals surface area (Å²) in [6.07, 6.45) is 3.58. The van der Waals surface area contributed by atoms with E-state index in [1.165, 1.54) is 0 Å². The first-order valence-electron chi connectivity index (χ1n) is 5.74. The number of hydrogen-bond donors (Lipinski definition) is 1. The summed E-state index contributed by atoms with van der Waals surface area (Å²) in [5.41, 5.74) is 1.95. The van der Waals surface area contributed by atoms with Crippen LogP contribution in [0.5, 0.6) is 0 Å². The molecule has 0 unspecified atom stereocenters.